The van der Waals surface area contributed by atoms with E-state index in [-0.39, 0.29) is 18.1 Å². The van der Waals surface area contributed by atoms with Crippen molar-refractivity contribution in [3.05, 3.63) is 90.0 Å². The van der Waals surface area contributed by atoms with Crippen molar-refractivity contribution in [2.24, 2.45) is 0 Å². The molecule has 0 aliphatic heterocycles. The molecule has 0 radical (unpaired) electrons. The fourth-order valence-electron chi connectivity index (χ4n) is 2.72. The van der Waals surface area contributed by atoms with E-state index in [0.29, 0.717) is 11.5 Å². The Morgan fingerprint density at radius 3 is 2.30 bits per heavy atom. The molecule has 0 aliphatic rings. The highest BCUT2D eigenvalue weighted by Gasteiger charge is 2.15. The number of rotatable bonds is 9. The van der Waals surface area contributed by atoms with Crippen LogP contribution in [0.2, 0.25) is 0 Å². The Balaban J connectivity index is 1.61. The van der Waals surface area contributed by atoms with E-state index in [2.05, 4.69) is 0 Å². The van der Waals surface area contributed by atoms with Crippen LogP contribution in [0.1, 0.15) is 18.1 Å². The average molecular weight is 425 g/mol. The van der Waals surface area contributed by atoms with Gasteiger partial charge in [0.1, 0.15) is 30.5 Å². The second-order valence-electron chi connectivity index (χ2n) is 6.55. The van der Waals surface area contributed by atoms with Crippen LogP contribution in [0.3, 0.4) is 0 Å². The molecule has 0 saturated carbocycles. The lowest BCUT2D eigenvalue weighted by molar-refractivity contribution is 0.220. The van der Waals surface area contributed by atoms with Crippen molar-refractivity contribution in [1.82, 2.24) is 0 Å². The minimum absolute atomic E-state index is 0.0895. The van der Waals surface area contributed by atoms with Gasteiger partial charge in [-0.1, -0.05) is 48.0 Å². The molecule has 0 unspecified atom stereocenters. The van der Waals surface area contributed by atoms with Crippen molar-refractivity contribution >= 4 is 16.2 Å². The van der Waals surface area contributed by atoms with E-state index in [9.17, 15) is 8.42 Å². The molecule has 0 fully saturated rings. The molecule has 0 saturated heterocycles. The predicted octanol–water partition coefficient (Wildman–Crippen LogP) is 5.60. The van der Waals surface area contributed by atoms with Crippen LogP contribution >= 0.6 is 0 Å². The molecule has 0 N–H and O–H groups in total. The van der Waals surface area contributed by atoms with Crippen LogP contribution in [-0.4, -0.2) is 21.6 Å². The molecule has 5 nitrogen and oxygen atoms in total. The Morgan fingerprint density at radius 1 is 0.867 bits per heavy atom. The molecule has 0 bridgehead atoms. The molecular weight excluding hydrogens is 400 g/mol. The van der Waals surface area contributed by atoms with E-state index in [1.54, 1.807) is 24.3 Å². The first-order chi connectivity index (χ1) is 14.5. The molecule has 3 rings (SSSR count). The lowest BCUT2D eigenvalue weighted by Gasteiger charge is -2.12. The molecule has 3 aromatic carbocycles. The maximum Gasteiger partial charge on any atom is 0.297 e. The summed E-state index contributed by atoms with van der Waals surface area (Å²) < 4.78 is 41.2. The van der Waals surface area contributed by atoms with Gasteiger partial charge in [0, 0.05) is 5.56 Å². The van der Waals surface area contributed by atoms with Crippen molar-refractivity contribution in [2.75, 3.05) is 13.2 Å². The monoisotopic (exact) mass is 424 g/mol. The summed E-state index contributed by atoms with van der Waals surface area (Å²) in [6.07, 6.45) is 3.80. The zero-order valence-corrected chi connectivity index (χ0v) is 17.8. The summed E-state index contributed by atoms with van der Waals surface area (Å²) in [6.45, 7) is 3.80. The van der Waals surface area contributed by atoms with Crippen LogP contribution in [0.4, 0.5) is 0 Å². The van der Waals surface area contributed by atoms with Gasteiger partial charge in [-0.3, -0.25) is 4.18 Å². The molecular formula is C24H24O5S. The van der Waals surface area contributed by atoms with Crippen molar-refractivity contribution in [3.8, 4) is 17.2 Å². The first-order valence-electron chi connectivity index (χ1n) is 9.56. The summed E-state index contributed by atoms with van der Waals surface area (Å²) in [6, 6.07) is 21.5. The Labute approximate surface area is 177 Å². The molecule has 6 heteroatoms. The number of allylic oxidation sites excluding steroid dienone is 1. The predicted molar refractivity (Wildman–Crippen MR) is 117 cm³/mol. The lowest BCUT2D eigenvalue weighted by atomic mass is 10.1. The molecule has 0 spiro atoms. The normalized spacial score (nSPS) is 11.5. The van der Waals surface area contributed by atoms with E-state index in [4.69, 9.17) is 13.7 Å². The topological polar surface area (TPSA) is 61.8 Å². The highest BCUT2D eigenvalue weighted by molar-refractivity contribution is 7.86. The van der Waals surface area contributed by atoms with Gasteiger partial charge in [0.15, 0.2) is 0 Å². The zero-order valence-electron chi connectivity index (χ0n) is 16.9. The van der Waals surface area contributed by atoms with Crippen LogP contribution < -0.4 is 9.47 Å². The first kappa shape index (κ1) is 21.6. The van der Waals surface area contributed by atoms with Gasteiger partial charge in [-0.15, -0.1) is 0 Å². The van der Waals surface area contributed by atoms with Crippen molar-refractivity contribution in [1.29, 1.82) is 0 Å². The summed E-state index contributed by atoms with van der Waals surface area (Å²) in [7, 11) is -3.81. The quantitative estimate of drug-likeness (QED) is 0.330. The molecule has 0 aromatic heterocycles. The van der Waals surface area contributed by atoms with Crippen LogP contribution in [-0.2, 0) is 14.3 Å². The Hall–Kier alpha value is -3.09. The van der Waals surface area contributed by atoms with Crippen molar-refractivity contribution < 1.29 is 22.1 Å². The number of para-hydroxylation sites is 1. The standard InChI is InChI=1S/C24H24O5S/c1-3-7-20-18-22(29-21-8-5-4-6-9-21)12-15-24(20)27-16-17-28-30(25,26)23-13-10-19(2)11-14-23/h3-15,18H,16-17H2,1-2H3/b7-3+. The summed E-state index contributed by atoms with van der Waals surface area (Å²) in [5.41, 5.74) is 1.81. The summed E-state index contributed by atoms with van der Waals surface area (Å²) in [5.74, 6) is 2.04. The van der Waals surface area contributed by atoms with Crippen LogP contribution in [0.25, 0.3) is 6.08 Å². The second-order valence-corrected chi connectivity index (χ2v) is 8.17. The summed E-state index contributed by atoms with van der Waals surface area (Å²) >= 11 is 0. The highest BCUT2D eigenvalue weighted by atomic mass is 32.2. The minimum atomic E-state index is -3.81. The van der Waals surface area contributed by atoms with Gasteiger partial charge >= 0.3 is 0 Å². The number of hydrogen-bond acceptors (Lipinski definition) is 5. The number of hydrogen-bond donors (Lipinski definition) is 0. The van der Waals surface area contributed by atoms with Crippen molar-refractivity contribution in [2.45, 2.75) is 18.7 Å². The van der Waals surface area contributed by atoms with Gasteiger partial charge in [-0.05, 0) is 56.3 Å². The minimum Gasteiger partial charge on any atom is -0.491 e. The Bertz CT molecular complexity index is 1090. The first-order valence-corrected chi connectivity index (χ1v) is 11.0. The fraction of sp³-hybridized carbons (Fsp3) is 0.167. The third-order valence-electron chi connectivity index (χ3n) is 4.20. The van der Waals surface area contributed by atoms with Gasteiger partial charge in [0.25, 0.3) is 10.1 Å². The second kappa shape index (κ2) is 10.1. The summed E-state index contributed by atoms with van der Waals surface area (Å²) in [5, 5.41) is 0. The molecule has 0 atom stereocenters. The molecule has 0 aliphatic carbocycles. The van der Waals surface area contributed by atoms with Crippen LogP contribution in [0.15, 0.2) is 83.8 Å². The maximum atomic E-state index is 12.2. The number of aryl methyl sites for hydroxylation is 1. The number of ether oxygens (including phenoxy) is 2. The highest BCUT2D eigenvalue weighted by Crippen LogP contribution is 2.29. The van der Waals surface area contributed by atoms with Gasteiger partial charge in [-0.2, -0.15) is 8.42 Å². The van der Waals surface area contributed by atoms with E-state index >= 15 is 0 Å². The van der Waals surface area contributed by atoms with Gasteiger partial charge < -0.3 is 9.47 Å². The molecule has 156 valence electrons. The maximum absolute atomic E-state index is 12.2. The van der Waals surface area contributed by atoms with E-state index in [1.165, 1.54) is 12.1 Å². The third kappa shape index (κ3) is 5.95. The van der Waals surface area contributed by atoms with Gasteiger partial charge in [-0.25, -0.2) is 0 Å². The van der Waals surface area contributed by atoms with Gasteiger partial charge in [0.2, 0.25) is 0 Å². The smallest absolute Gasteiger partial charge is 0.297 e. The largest absolute Gasteiger partial charge is 0.491 e. The van der Waals surface area contributed by atoms with Crippen molar-refractivity contribution in [3.63, 3.8) is 0 Å². The van der Waals surface area contributed by atoms with Gasteiger partial charge in [0.05, 0.1) is 4.90 Å². The molecule has 30 heavy (non-hydrogen) atoms. The average Bonchev–Trinajstić information content (AvgIpc) is 2.74. The number of benzene rings is 3. The van der Waals surface area contributed by atoms with E-state index in [0.717, 1.165) is 16.9 Å². The van der Waals surface area contributed by atoms with Crippen LogP contribution in [0.5, 0.6) is 17.2 Å². The van der Waals surface area contributed by atoms with Crippen LogP contribution in [0, 0.1) is 6.92 Å². The molecule has 3 aromatic rings. The fourth-order valence-corrected chi connectivity index (χ4v) is 3.62. The summed E-state index contributed by atoms with van der Waals surface area (Å²) in [4.78, 5) is 0.130. The molecule has 0 amide bonds. The zero-order chi connectivity index (χ0) is 21.4. The van der Waals surface area contributed by atoms with E-state index in [1.807, 2.05) is 62.4 Å². The SMILES string of the molecule is C/C=C/c1cc(Oc2ccccc2)ccc1OCCOS(=O)(=O)c1ccc(C)cc1. The Kier molecular flexibility index (Phi) is 7.27. The molecule has 0 heterocycles. The Morgan fingerprint density at radius 2 is 1.60 bits per heavy atom. The third-order valence-corrected chi connectivity index (χ3v) is 5.52. The lowest BCUT2D eigenvalue weighted by Crippen LogP contribution is -2.13. The van der Waals surface area contributed by atoms with E-state index < -0.39 is 10.1 Å².